The van der Waals surface area contributed by atoms with Gasteiger partial charge in [-0.2, -0.15) is 0 Å². The van der Waals surface area contributed by atoms with E-state index in [0.717, 1.165) is 48.3 Å². The Balaban J connectivity index is 1.23. The van der Waals surface area contributed by atoms with Crippen LogP contribution in [0.1, 0.15) is 38.5 Å². The molecular weight excluding hydrogens is 402 g/mol. The van der Waals surface area contributed by atoms with Crippen molar-refractivity contribution in [3.05, 3.63) is 58.8 Å². The van der Waals surface area contributed by atoms with Gasteiger partial charge in [-0.3, -0.25) is 9.59 Å². The summed E-state index contributed by atoms with van der Waals surface area (Å²) in [6.45, 7) is 0. The molecule has 4 bridgehead atoms. The molecule has 3 aromatic rings. The third kappa shape index (κ3) is 3.22. The first kappa shape index (κ1) is 19.6. The van der Waals surface area contributed by atoms with Gasteiger partial charge in [0.15, 0.2) is 5.43 Å². The van der Waals surface area contributed by atoms with Crippen LogP contribution < -0.4 is 15.5 Å². The fourth-order valence-corrected chi connectivity index (χ4v) is 6.77. The Labute approximate surface area is 186 Å². The minimum absolute atomic E-state index is 0.112. The molecule has 0 unspecified atom stereocenters. The van der Waals surface area contributed by atoms with Crippen LogP contribution in [0.15, 0.2) is 57.7 Å². The smallest absolute Gasteiger partial charge is 0.230 e. The second-order valence-corrected chi connectivity index (χ2v) is 10.1. The fourth-order valence-electron chi connectivity index (χ4n) is 6.77. The zero-order chi connectivity index (χ0) is 21.9. The van der Waals surface area contributed by atoms with Crippen LogP contribution >= 0.6 is 0 Å². The molecule has 4 saturated carbocycles. The number of fused-ring (bicyclic) bond motifs is 1. The molecule has 0 saturated heterocycles. The van der Waals surface area contributed by atoms with Gasteiger partial charge in [0.05, 0.1) is 17.9 Å². The van der Waals surface area contributed by atoms with Crippen molar-refractivity contribution in [3.8, 4) is 17.1 Å². The number of anilines is 1. The van der Waals surface area contributed by atoms with Crippen molar-refractivity contribution in [2.45, 2.75) is 38.5 Å². The summed E-state index contributed by atoms with van der Waals surface area (Å²) in [5.74, 6) is 3.54. The van der Waals surface area contributed by atoms with Gasteiger partial charge in [-0.15, -0.1) is 0 Å². The number of nitrogens with one attached hydrogen (secondary N) is 1. The highest BCUT2D eigenvalue weighted by atomic mass is 16.5. The highest BCUT2D eigenvalue weighted by Gasteiger charge is 2.54. The summed E-state index contributed by atoms with van der Waals surface area (Å²) in [6, 6.07) is 14.3. The number of amides is 1. The van der Waals surface area contributed by atoms with Crippen LogP contribution in [0.2, 0.25) is 0 Å². The van der Waals surface area contributed by atoms with E-state index in [1.54, 1.807) is 25.3 Å². The minimum Gasteiger partial charge on any atom is -0.497 e. The number of hydrogen-bond donors (Lipinski definition) is 1. The Morgan fingerprint density at radius 1 is 0.969 bits per heavy atom. The summed E-state index contributed by atoms with van der Waals surface area (Å²) >= 11 is 0. The van der Waals surface area contributed by atoms with Gasteiger partial charge in [-0.05, 0) is 98.7 Å². The lowest BCUT2D eigenvalue weighted by Gasteiger charge is -2.55. The van der Waals surface area contributed by atoms with Gasteiger partial charge < -0.3 is 14.5 Å². The molecule has 4 fully saturated rings. The molecule has 5 heteroatoms. The number of carbonyl (C=O) groups excluding carboxylic acids is 1. The molecule has 0 atom stereocenters. The van der Waals surface area contributed by atoms with Gasteiger partial charge in [-0.1, -0.05) is 0 Å². The lowest BCUT2D eigenvalue weighted by Crippen LogP contribution is -2.51. The van der Waals surface area contributed by atoms with Crippen molar-refractivity contribution in [3.63, 3.8) is 0 Å². The van der Waals surface area contributed by atoms with E-state index in [1.807, 2.05) is 24.3 Å². The maximum absolute atomic E-state index is 13.3. The molecule has 0 spiro atoms. The number of hydrogen-bond acceptors (Lipinski definition) is 4. The van der Waals surface area contributed by atoms with Crippen LogP contribution in [0, 0.1) is 23.2 Å². The molecule has 2 aromatic carbocycles. The molecule has 32 heavy (non-hydrogen) atoms. The SMILES string of the molecule is COc1ccc2oc(-c3ccc(NC(=O)C45CC6CC(CC(C6)C4)C5)cc3)cc(=O)c2c1. The van der Waals surface area contributed by atoms with Crippen molar-refractivity contribution in [2.75, 3.05) is 12.4 Å². The number of carbonyl (C=O) groups is 1. The first-order valence-corrected chi connectivity index (χ1v) is 11.6. The molecule has 4 aliphatic rings. The van der Waals surface area contributed by atoms with Crippen LogP contribution in [0.4, 0.5) is 5.69 Å². The summed E-state index contributed by atoms with van der Waals surface area (Å²) in [4.78, 5) is 25.9. The van der Waals surface area contributed by atoms with Crippen LogP contribution in [-0.4, -0.2) is 13.0 Å². The second-order valence-electron chi connectivity index (χ2n) is 10.1. The van der Waals surface area contributed by atoms with E-state index in [9.17, 15) is 9.59 Å². The van der Waals surface area contributed by atoms with Gasteiger partial charge in [-0.25, -0.2) is 0 Å². The highest BCUT2D eigenvalue weighted by Crippen LogP contribution is 2.60. The molecule has 0 aliphatic heterocycles. The van der Waals surface area contributed by atoms with E-state index in [1.165, 1.54) is 25.3 Å². The lowest BCUT2D eigenvalue weighted by molar-refractivity contribution is -0.140. The third-order valence-corrected chi connectivity index (χ3v) is 7.88. The second kappa shape index (κ2) is 7.22. The quantitative estimate of drug-likeness (QED) is 0.584. The molecule has 0 radical (unpaired) electrons. The average molecular weight is 430 g/mol. The van der Waals surface area contributed by atoms with Crippen LogP contribution in [0.25, 0.3) is 22.3 Å². The van der Waals surface area contributed by atoms with E-state index in [-0.39, 0.29) is 16.8 Å². The summed E-state index contributed by atoms with van der Waals surface area (Å²) in [5.41, 5.74) is 1.83. The van der Waals surface area contributed by atoms with Crippen molar-refractivity contribution in [1.82, 2.24) is 0 Å². The Hall–Kier alpha value is -3.08. The number of methoxy groups -OCH3 is 1. The molecular formula is C27H27NO4. The van der Waals surface area contributed by atoms with E-state index >= 15 is 0 Å². The first-order valence-electron chi connectivity index (χ1n) is 11.6. The summed E-state index contributed by atoms with van der Waals surface area (Å²) in [5, 5.41) is 3.68. The summed E-state index contributed by atoms with van der Waals surface area (Å²) < 4.78 is 11.2. The Morgan fingerprint density at radius 2 is 1.62 bits per heavy atom. The van der Waals surface area contributed by atoms with E-state index in [2.05, 4.69) is 5.32 Å². The van der Waals surface area contributed by atoms with Crippen LogP contribution in [-0.2, 0) is 4.79 Å². The monoisotopic (exact) mass is 429 g/mol. The van der Waals surface area contributed by atoms with E-state index in [4.69, 9.17) is 9.15 Å². The molecule has 1 heterocycles. The van der Waals surface area contributed by atoms with Crippen molar-refractivity contribution < 1.29 is 13.9 Å². The van der Waals surface area contributed by atoms with Crippen molar-refractivity contribution >= 4 is 22.6 Å². The van der Waals surface area contributed by atoms with Crippen molar-refractivity contribution in [2.24, 2.45) is 23.2 Å². The number of benzene rings is 2. The molecule has 164 valence electrons. The predicted molar refractivity (Wildman–Crippen MR) is 124 cm³/mol. The van der Waals surface area contributed by atoms with E-state index < -0.39 is 0 Å². The van der Waals surface area contributed by atoms with Crippen LogP contribution in [0.3, 0.4) is 0 Å². The number of ether oxygens (including phenoxy) is 1. The van der Waals surface area contributed by atoms with Gasteiger partial charge in [0.25, 0.3) is 0 Å². The predicted octanol–water partition coefficient (Wildman–Crippen LogP) is 5.62. The van der Waals surface area contributed by atoms with Crippen LogP contribution in [0.5, 0.6) is 5.75 Å². The van der Waals surface area contributed by atoms with Gasteiger partial charge in [0, 0.05) is 17.3 Å². The highest BCUT2D eigenvalue weighted by molar-refractivity contribution is 5.96. The van der Waals surface area contributed by atoms with E-state index in [0.29, 0.717) is 22.5 Å². The van der Waals surface area contributed by atoms with Gasteiger partial charge >= 0.3 is 0 Å². The maximum atomic E-state index is 13.3. The fraction of sp³-hybridized carbons (Fsp3) is 0.407. The molecule has 4 aliphatic carbocycles. The van der Waals surface area contributed by atoms with Gasteiger partial charge in [0.2, 0.25) is 5.91 Å². The zero-order valence-electron chi connectivity index (χ0n) is 18.2. The first-order chi connectivity index (χ1) is 15.5. The largest absolute Gasteiger partial charge is 0.497 e. The molecule has 5 nitrogen and oxygen atoms in total. The lowest BCUT2D eigenvalue weighted by atomic mass is 9.49. The molecule has 1 amide bonds. The normalized spacial score (nSPS) is 28.1. The zero-order valence-corrected chi connectivity index (χ0v) is 18.2. The molecule has 1 N–H and O–H groups in total. The van der Waals surface area contributed by atoms with Crippen molar-refractivity contribution in [1.29, 1.82) is 0 Å². The average Bonchev–Trinajstić information content (AvgIpc) is 2.78. The van der Waals surface area contributed by atoms with Gasteiger partial charge in [0.1, 0.15) is 17.1 Å². The Morgan fingerprint density at radius 3 is 2.25 bits per heavy atom. The minimum atomic E-state index is -0.167. The summed E-state index contributed by atoms with van der Waals surface area (Å²) in [7, 11) is 1.57. The third-order valence-electron chi connectivity index (χ3n) is 7.88. The Bertz CT molecular complexity index is 1220. The molecule has 1 aromatic heterocycles. The molecule has 7 rings (SSSR count). The standard InChI is InChI=1S/C27H27NO4/c1-31-21-6-7-24-22(11-21)23(29)12-25(32-24)19-2-4-20(5-3-19)28-26(30)27-13-16-8-17(14-27)10-18(9-16)15-27/h2-7,11-12,16-18H,8-10,13-15H2,1H3,(H,28,30). The summed E-state index contributed by atoms with van der Waals surface area (Å²) in [6.07, 6.45) is 7.13. The topological polar surface area (TPSA) is 68.5 Å². The maximum Gasteiger partial charge on any atom is 0.230 e. The number of rotatable bonds is 4. The Kier molecular flexibility index (Phi) is 4.42.